The molecule has 0 unspecified atom stereocenters. The summed E-state index contributed by atoms with van der Waals surface area (Å²) in [5.74, 6) is -2.12. The second-order valence-electron chi connectivity index (χ2n) is 16.6. The molecule has 10 aromatic rings. The van der Waals surface area contributed by atoms with Crippen molar-refractivity contribution in [2.75, 3.05) is 40.3 Å². The third-order valence-corrected chi connectivity index (χ3v) is 13.4. The van der Waals surface area contributed by atoms with Crippen LogP contribution in [0.25, 0.3) is 21.8 Å². The summed E-state index contributed by atoms with van der Waals surface area (Å²) in [4.78, 5) is 55.6. The molecule has 10 rings (SSSR count). The first kappa shape index (κ1) is 66.9. The van der Waals surface area contributed by atoms with Gasteiger partial charge in [0.15, 0.2) is 6.29 Å². The van der Waals surface area contributed by atoms with E-state index in [2.05, 4.69) is 44.9 Å². The maximum Gasteiger partial charge on any atom is 0.573 e. The van der Waals surface area contributed by atoms with E-state index in [9.17, 15) is 58.7 Å². The quantitative estimate of drug-likeness (QED) is 0.0288. The molecule has 0 aliphatic heterocycles. The van der Waals surface area contributed by atoms with E-state index in [1.54, 1.807) is 46.7 Å². The number of fused-ring (bicyclic) bond motifs is 2. The molecule has 16 nitrogen and oxygen atoms in total. The molecule has 9 N–H and O–H groups in total. The van der Waals surface area contributed by atoms with Crippen LogP contribution in [0.2, 0.25) is 0 Å². The van der Waals surface area contributed by atoms with Crippen LogP contribution < -0.4 is 47.4 Å². The summed E-state index contributed by atoms with van der Waals surface area (Å²) < 4.78 is 123. The Hall–Kier alpha value is -9.93. The molecule has 5 heterocycles. The number of pyridine rings is 2. The highest BCUT2D eigenvalue weighted by Crippen LogP contribution is 2.30. The molecule has 0 spiro atoms. The SMILES string of the molecule is C.COC(=O)c1sccc1N.Nc1ccc(OC(F)(F)F)cc1.Nc1ccsc1C(=O)Nc1ccc(OC(F)(F)F)cc1.O=C(Nc1ccc(OC(F)(F)F)cc1)c1sccc1NCc1ccnc2ccccc12.O=Cc1ccnc2ccccc12. The number of aldehydes is 1. The molecule has 0 radical (unpaired) electrons. The number of benzene rings is 5. The fourth-order valence-electron chi connectivity index (χ4n) is 6.95. The van der Waals surface area contributed by atoms with Gasteiger partial charge in [-0.2, -0.15) is 0 Å². The molecule has 0 fully saturated rings. The highest BCUT2D eigenvalue weighted by atomic mass is 32.1. The van der Waals surface area contributed by atoms with E-state index in [0.717, 1.165) is 70.1 Å². The highest BCUT2D eigenvalue weighted by molar-refractivity contribution is 7.13. The topological polar surface area (TPSA) is 245 Å². The second kappa shape index (κ2) is 31.1. The molecule has 0 aliphatic rings. The number of para-hydroxylation sites is 2. The molecule has 28 heteroatoms. The lowest BCUT2D eigenvalue weighted by Crippen LogP contribution is -2.17. The Bertz CT molecular complexity index is 3800. The first-order valence-corrected chi connectivity index (χ1v) is 26.6. The summed E-state index contributed by atoms with van der Waals surface area (Å²) in [5.41, 5.74) is 22.4. The van der Waals surface area contributed by atoms with Crippen molar-refractivity contribution >= 4 is 114 Å². The molecular weight excluding hydrogens is 1200 g/mol. The van der Waals surface area contributed by atoms with Crippen molar-refractivity contribution in [1.29, 1.82) is 0 Å². The first-order chi connectivity index (χ1) is 40.4. The van der Waals surface area contributed by atoms with Gasteiger partial charge in [-0.1, -0.05) is 43.8 Å². The predicted molar refractivity (Wildman–Crippen MR) is 316 cm³/mol. The zero-order valence-corrected chi connectivity index (χ0v) is 46.1. The minimum atomic E-state index is -4.76. The summed E-state index contributed by atoms with van der Waals surface area (Å²) in [5, 5.41) is 15.7. The summed E-state index contributed by atoms with van der Waals surface area (Å²) in [6, 6.07) is 38.9. The van der Waals surface area contributed by atoms with Crippen LogP contribution in [0.4, 0.5) is 73.6 Å². The predicted octanol–water partition coefficient (Wildman–Crippen LogP) is 15.5. The fourth-order valence-corrected chi connectivity index (χ4v) is 9.16. The van der Waals surface area contributed by atoms with E-state index in [0.29, 0.717) is 60.9 Å². The van der Waals surface area contributed by atoms with Crippen molar-refractivity contribution < 1.29 is 77.6 Å². The zero-order valence-electron chi connectivity index (χ0n) is 43.6. The average Bonchev–Trinajstić information content (AvgIpc) is 3.55. The Labute approximate surface area is 495 Å². The Balaban J connectivity index is 0.000000211. The molecule has 0 atom stereocenters. The molecule has 450 valence electrons. The number of aromatic nitrogens is 2. The number of nitrogens with zero attached hydrogens (tertiary/aromatic N) is 2. The van der Waals surface area contributed by atoms with Gasteiger partial charge in [0, 0.05) is 52.3 Å². The van der Waals surface area contributed by atoms with Gasteiger partial charge in [-0.05, 0) is 137 Å². The van der Waals surface area contributed by atoms with Gasteiger partial charge in [-0.25, -0.2) is 4.79 Å². The normalized spacial score (nSPS) is 10.7. The first-order valence-electron chi connectivity index (χ1n) is 24.0. The zero-order chi connectivity index (χ0) is 61.7. The van der Waals surface area contributed by atoms with Crippen molar-refractivity contribution in [3.8, 4) is 17.2 Å². The Morgan fingerprint density at radius 2 is 0.942 bits per heavy atom. The van der Waals surface area contributed by atoms with Gasteiger partial charge in [-0.3, -0.25) is 24.4 Å². The van der Waals surface area contributed by atoms with Crippen LogP contribution in [-0.4, -0.2) is 60.2 Å². The number of nitrogens with one attached hydrogen (secondary N) is 3. The minimum Gasteiger partial charge on any atom is -0.465 e. The summed E-state index contributed by atoms with van der Waals surface area (Å²) in [6.07, 6.45) is -9.91. The number of hydrogen-bond donors (Lipinski definition) is 6. The van der Waals surface area contributed by atoms with E-state index < -0.39 is 25.0 Å². The number of ether oxygens (including phenoxy) is 4. The van der Waals surface area contributed by atoms with Crippen molar-refractivity contribution in [2.45, 2.75) is 33.1 Å². The number of esters is 1. The summed E-state index contributed by atoms with van der Waals surface area (Å²) in [6.45, 7) is 0.503. The van der Waals surface area contributed by atoms with Gasteiger partial charge in [-0.15, -0.1) is 73.5 Å². The van der Waals surface area contributed by atoms with Crippen LogP contribution in [-0.2, 0) is 11.3 Å². The van der Waals surface area contributed by atoms with Gasteiger partial charge in [0.25, 0.3) is 11.8 Å². The van der Waals surface area contributed by atoms with E-state index >= 15 is 0 Å². The molecule has 2 amide bonds. The number of anilines is 6. The minimum absolute atomic E-state index is 0. The average molecular weight is 1250 g/mol. The van der Waals surface area contributed by atoms with E-state index in [4.69, 9.17) is 17.2 Å². The molecule has 0 saturated heterocycles. The summed E-state index contributed by atoms with van der Waals surface area (Å²) in [7, 11) is 1.33. The maximum absolute atomic E-state index is 12.7. The number of hydrogen-bond acceptors (Lipinski definition) is 17. The van der Waals surface area contributed by atoms with Gasteiger partial charge in [0.2, 0.25) is 0 Å². The number of halogens is 9. The van der Waals surface area contributed by atoms with E-state index in [1.165, 1.54) is 77.5 Å². The Kier molecular flexibility index (Phi) is 24.2. The lowest BCUT2D eigenvalue weighted by Gasteiger charge is -2.11. The van der Waals surface area contributed by atoms with Crippen LogP contribution >= 0.6 is 34.0 Å². The second-order valence-corrected chi connectivity index (χ2v) is 19.4. The van der Waals surface area contributed by atoms with Crippen molar-refractivity contribution in [3.63, 3.8) is 0 Å². The number of nitrogens with two attached hydrogens (primary N) is 3. The number of amides is 2. The van der Waals surface area contributed by atoms with Crippen LogP contribution in [0.15, 0.2) is 180 Å². The van der Waals surface area contributed by atoms with Gasteiger partial charge < -0.3 is 52.1 Å². The standard InChI is InChI=1S/C22H16F3N3O2S.C12H9F3N2O2S.C10H7NO.C7H6F3NO.C6H7NO2S.CH4/c23-22(24,25)30-16-7-5-15(6-8-16)28-21(29)20-19(10-12-31-20)27-13-14-9-11-26-18-4-2-1-3-17(14)18;13-12(14,15)19-8-3-1-7(2-4-8)17-11(18)10-9(16)5-6-20-10;12-7-8-5-6-11-10-4-2-1-3-9(8)10;8-7(9,10)12-6-3-1-5(11)2-4-6;1-9-6(8)5-4(7)2-3-10-5;/h1-12,27H,13H2,(H,28,29);1-6H,16H2,(H,17,18);1-7H;1-4H,11H2;2-3H,7H2,1H3;1H4. The van der Waals surface area contributed by atoms with Crippen LogP contribution in [0.1, 0.15) is 52.4 Å². The van der Waals surface area contributed by atoms with Crippen molar-refractivity contribution in [1.82, 2.24) is 9.97 Å². The Morgan fingerprint density at radius 3 is 1.41 bits per heavy atom. The third kappa shape index (κ3) is 21.4. The fraction of sp³-hybridized carbons (Fsp3) is 0.103. The maximum atomic E-state index is 12.7. The lowest BCUT2D eigenvalue weighted by molar-refractivity contribution is -0.275. The molecule has 5 aromatic carbocycles. The van der Waals surface area contributed by atoms with Gasteiger partial charge >= 0.3 is 25.1 Å². The number of nitrogen functional groups attached to an aromatic ring is 3. The molecule has 0 bridgehead atoms. The number of methoxy groups -OCH3 is 1. The smallest absolute Gasteiger partial charge is 0.465 e. The number of rotatable bonds is 12. The molecule has 0 aliphatic carbocycles. The van der Waals surface area contributed by atoms with Gasteiger partial charge in [0.1, 0.15) is 31.9 Å². The van der Waals surface area contributed by atoms with Crippen molar-refractivity contribution in [2.24, 2.45) is 0 Å². The highest BCUT2D eigenvalue weighted by Gasteiger charge is 2.32. The van der Waals surface area contributed by atoms with E-state index in [-0.39, 0.29) is 36.6 Å². The molecule has 86 heavy (non-hydrogen) atoms. The number of carbonyl (C=O) groups excluding carboxylic acids is 4. The lowest BCUT2D eigenvalue weighted by atomic mass is 10.1. The molecule has 0 saturated carbocycles. The van der Waals surface area contributed by atoms with Crippen LogP contribution in [0, 0.1) is 0 Å². The number of carbonyl (C=O) groups is 4. The number of thiophene rings is 3. The van der Waals surface area contributed by atoms with Crippen LogP contribution in [0.3, 0.4) is 0 Å². The van der Waals surface area contributed by atoms with E-state index in [1.807, 2.05) is 60.7 Å². The van der Waals surface area contributed by atoms with Crippen molar-refractivity contribution in [3.05, 3.63) is 206 Å². The third-order valence-electron chi connectivity index (χ3n) is 10.7. The van der Waals surface area contributed by atoms with Gasteiger partial charge in [0.05, 0.1) is 35.2 Å². The summed E-state index contributed by atoms with van der Waals surface area (Å²) >= 11 is 3.73. The van der Waals surface area contributed by atoms with Crippen LogP contribution in [0.5, 0.6) is 17.2 Å². The Morgan fingerprint density at radius 1 is 0.523 bits per heavy atom. The molecular formula is C58H49F9N8O8S3. The monoisotopic (exact) mass is 1250 g/mol. The largest absolute Gasteiger partial charge is 0.573 e. The number of alkyl halides is 9. The molecule has 5 aromatic heterocycles.